The molecular formula is C22H15ClN4O4S. The number of ether oxygens (including phenoxy) is 1. The number of thioether (sulfide) groups is 1. The Morgan fingerprint density at radius 3 is 2.91 bits per heavy atom. The lowest BCUT2D eigenvalue weighted by molar-refractivity contribution is -0.131. The number of nitriles is 1. The monoisotopic (exact) mass is 466 g/mol. The van der Waals surface area contributed by atoms with Crippen LogP contribution in [0.4, 0.5) is 0 Å². The molecule has 2 aromatic heterocycles. The third-order valence-electron chi connectivity index (χ3n) is 4.55. The minimum absolute atomic E-state index is 0.0156. The van der Waals surface area contributed by atoms with Crippen LogP contribution in [-0.2, 0) is 11.3 Å². The number of para-hydroxylation sites is 1. The Bertz CT molecular complexity index is 1390. The van der Waals surface area contributed by atoms with Gasteiger partial charge in [0.05, 0.1) is 18.7 Å². The molecule has 0 unspecified atom stereocenters. The van der Waals surface area contributed by atoms with E-state index in [1.165, 1.54) is 13.2 Å². The maximum Gasteiger partial charge on any atom is 0.342 e. The number of carboxylic acids is 1. The minimum Gasteiger partial charge on any atom is -0.496 e. The zero-order valence-electron chi connectivity index (χ0n) is 16.7. The zero-order valence-corrected chi connectivity index (χ0v) is 18.2. The third-order valence-corrected chi connectivity index (χ3v) is 5.64. The average molecular weight is 467 g/mol. The van der Waals surface area contributed by atoms with E-state index in [-0.39, 0.29) is 22.6 Å². The second-order valence-corrected chi connectivity index (χ2v) is 7.95. The maximum absolute atomic E-state index is 11.9. The van der Waals surface area contributed by atoms with Crippen molar-refractivity contribution in [1.82, 2.24) is 14.8 Å². The quantitative estimate of drug-likeness (QED) is 0.295. The zero-order chi connectivity index (χ0) is 22.7. The van der Waals surface area contributed by atoms with E-state index < -0.39 is 5.97 Å². The summed E-state index contributed by atoms with van der Waals surface area (Å²) in [6.07, 6.45) is 3.26. The second-order valence-electron chi connectivity index (χ2n) is 6.52. The normalized spacial score (nSPS) is 11.5. The van der Waals surface area contributed by atoms with Gasteiger partial charge in [-0.05, 0) is 42.1 Å². The molecule has 0 atom stereocenters. The number of methoxy groups -OCH3 is 1. The fourth-order valence-electron chi connectivity index (χ4n) is 3.17. The molecule has 0 fully saturated rings. The molecule has 0 saturated carbocycles. The predicted octanol–water partition coefficient (Wildman–Crippen LogP) is 5.09. The average Bonchev–Trinajstić information content (AvgIpc) is 3.39. The molecule has 2 aromatic carbocycles. The summed E-state index contributed by atoms with van der Waals surface area (Å²) >= 11 is 6.89. The Balaban J connectivity index is 1.69. The van der Waals surface area contributed by atoms with E-state index in [0.29, 0.717) is 21.9 Å². The van der Waals surface area contributed by atoms with Crippen LogP contribution in [0, 0.1) is 11.3 Å². The molecule has 10 heteroatoms. The van der Waals surface area contributed by atoms with Crippen LogP contribution < -0.4 is 4.74 Å². The summed E-state index contributed by atoms with van der Waals surface area (Å²) in [6.45, 7) is 0.151. The summed E-state index contributed by atoms with van der Waals surface area (Å²) in [5, 5.41) is 28.1. The highest BCUT2D eigenvalue weighted by molar-refractivity contribution is 8.03. The van der Waals surface area contributed by atoms with E-state index in [4.69, 9.17) is 26.0 Å². The van der Waals surface area contributed by atoms with Gasteiger partial charge in [-0.25, -0.2) is 4.79 Å². The van der Waals surface area contributed by atoms with Gasteiger partial charge in [0.2, 0.25) is 0 Å². The van der Waals surface area contributed by atoms with Gasteiger partial charge in [-0.2, -0.15) is 5.26 Å². The van der Waals surface area contributed by atoms with Gasteiger partial charge in [-0.1, -0.05) is 29.8 Å². The molecule has 0 aliphatic rings. The smallest absolute Gasteiger partial charge is 0.342 e. The van der Waals surface area contributed by atoms with Crippen LogP contribution in [0.3, 0.4) is 0 Å². The van der Waals surface area contributed by atoms with Crippen LogP contribution in [0.25, 0.3) is 28.4 Å². The first-order valence-corrected chi connectivity index (χ1v) is 10.4. The first-order valence-electron chi connectivity index (χ1n) is 9.25. The number of carboxylic acid groups (broad SMARTS) is 1. The molecule has 4 rings (SSSR count). The Labute approximate surface area is 191 Å². The Morgan fingerprint density at radius 2 is 2.16 bits per heavy atom. The number of nitrogens with zero attached hydrogens (tertiary/aromatic N) is 4. The molecule has 0 amide bonds. The number of hydrogen-bond donors (Lipinski definition) is 1. The fourth-order valence-corrected chi connectivity index (χ4v) is 4.01. The molecule has 4 aromatic rings. The number of carbonyl (C=O) groups is 1. The largest absolute Gasteiger partial charge is 0.496 e. The number of halogens is 1. The summed E-state index contributed by atoms with van der Waals surface area (Å²) in [6, 6.07) is 14.5. The molecule has 32 heavy (non-hydrogen) atoms. The number of rotatable bonds is 7. The van der Waals surface area contributed by atoms with E-state index in [1.807, 2.05) is 24.3 Å². The summed E-state index contributed by atoms with van der Waals surface area (Å²) in [4.78, 5) is 11.9. The van der Waals surface area contributed by atoms with Gasteiger partial charge < -0.3 is 18.8 Å². The Morgan fingerprint density at radius 1 is 1.34 bits per heavy atom. The molecule has 8 nitrogen and oxygen atoms in total. The molecule has 0 aliphatic carbocycles. The summed E-state index contributed by atoms with van der Waals surface area (Å²) in [7, 11) is 1.51. The highest BCUT2D eigenvalue weighted by Gasteiger charge is 2.19. The summed E-state index contributed by atoms with van der Waals surface area (Å²) < 4.78 is 12.7. The molecule has 0 spiro atoms. The van der Waals surface area contributed by atoms with Crippen molar-refractivity contribution in [3.8, 4) is 23.3 Å². The van der Waals surface area contributed by atoms with Crippen LogP contribution in [0.2, 0.25) is 5.02 Å². The summed E-state index contributed by atoms with van der Waals surface area (Å²) in [5.74, 6) is -0.497. The molecule has 0 radical (unpaired) electrons. The number of aromatic nitrogens is 3. The van der Waals surface area contributed by atoms with Gasteiger partial charge in [-0.15, -0.1) is 10.2 Å². The minimum atomic E-state index is -1.15. The number of benzene rings is 2. The lowest BCUT2D eigenvalue weighted by Gasteiger charge is -2.04. The summed E-state index contributed by atoms with van der Waals surface area (Å²) in [5.41, 5.74) is 2.00. The van der Waals surface area contributed by atoms with Crippen LogP contribution in [0.5, 0.6) is 5.75 Å². The molecule has 2 heterocycles. The van der Waals surface area contributed by atoms with E-state index in [9.17, 15) is 9.90 Å². The molecular weight excluding hydrogens is 452 g/mol. The lowest BCUT2D eigenvalue weighted by Crippen LogP contribution is -1.96. The van der Waals surface area contributed by atoms with Gasteiger partial charge in [0, 0.05) is 27.7 Å². The van der Waals surface area contributed by atoms with Crippen molar-refractivity contribution in [2.45, 2.75) is 11.8 Å². The van der Waals surface area contributed by atoms with Crippen LogP contribution in [0.15, 0.2) is 63.2 Å². The van der Waals surface area contributed by atoms with E-state index in [0.717, 1.165) is 22.7 Å². The van der Waals surface area contributed by atoms with Gasteiger partial charge in [0.1, 0.15) is 17.2 Å². The fraction of sp³-hybridized carbons (Fsp3) is 0.0909. The number of aliphatic carboxylic acids is 1. The topological polar surface area (TPSA) is 114 Å². The van der Waals surface area contributed by atoms with Crippen molar-refractivity contribution in [3.05, 3.63) is 64.2 Å². The van der Waals surface area contributed by atoms with Crippen molar-refractivity contribution in [3.63, 3.8) is 0 Å². The van der Waals surface area contributed by atoms with Crippen molar-refractivity contribution < 1.29 is 19.1 Å². The molecule has 0 bridgehead atoms. The molecule has 0 aliphatic heterocycles. The van der Waals surface area contributed by atoms with E-state index >= 15 is 0 Å². The van der Waals surface area contributed by atoms with E-state index in [1.54, 1.807) is 29.0 Å². The highest BCUT2D eigenvalue weighted by atomic mass is 35.5. The Hall–Kier alpha value is -3.74. The first-order chi connectivity index (χ1) is 15.5. The third kappa shape index (κ3) is 4.32. The highest BCUT2D eigenvalue weighted by Crippen LogP contribution is 2.35. The predicted molar refractivity (Wildman–Crippen MR) is 120 cm³/mol. The van der Waals surface area contributed by atoms with Crippen LogP contribution in [-0.4, -0.2) is 33.0 Å². The van der Waals surface area contributed by atoms with Crippen LogP contribution in [0.1, 0.15) is 5.56 Å². The molecule has 160 valence electrons. The standard InChI is InChI=1S/C22H15ClN4O4S/c1-30-18-7-6-14(23)11-16(18)20-25-26-22(31-20)32-19(21(28)29)10-13-12-27(9-8-24)17-5-3-2-4-15(13)17/h2-7,10-12H,9H2,1H3,(H,28,29)/b19-10-. The van der Waals surface area contributed by atoms with Gasteiger partial charge in [-0.3, -0.25) is 0 Å². The maximum atomic E-state index is 11.9. The van der Waals surface area contributed by atoms with Gasteiger partial charge in [0.25, 0.3) is 11.1 Å². The molecule has 1 N–H and O–H groups in total. The SMILES string of the molecule is COc1ccc(Cl)cc1-c1nnc(S/C(=C\c2cn(CC#N)c3ccccc23)C(=O)O)o1. The van der Waals surface area contributed by atoms with Crippen LogP contribution >= 0.6 is 23.4 Å². The van der Waals surface area contributed by atoms with E-state index in [2.05, 4.69) is 16.3 Å². The molecule has 0 saturated heterocycles. The van der Waals surface area contributed by atoms with Gasteiger partial charge in [0.15, 0.2) is 0 Å². The number of hydrogen-bond acceptors (Lipinski definition) is 7. The van der Waals surface area contributed by atoms with Crippen molar-refractivity contribution >= 4 is 46.3 Å². The lowest BCUT2D eigenvalue weighted by atomic mass is 10.1. The second kappa shape index (κ2) is 9.18. The van der Waals surface area contributed by atoms with Crippen molar-refractivity contribution in [2.75, 3.05) is 7.11 Å². The number of fused-ring (bicyclic) bond motifs is 1. The van der Waals surface area contributed by atoms with Crippen molar-refractivity contribution in [1.29, 1.82) is 5.26 Å². The van der Waals surface area contributed by atoms with Gasteiger partial charge >= 0.3 is 5.97 Å². The van der Waals surface area contributed by atoms with Crippen molar-refractivity contribution in [2.24, 2.45) is 0 Å². The first kappa shape index (κ1) is 21.5. The Kier molecular flexibility index (Phi) is 6.16.